The molecule has 5 rings (SSSR count). The van der Waals surface area contributed by atoms with Crippen molar-refractivity contribution in [3.05, 3.63) is 82.4 Å². The van der Waals surface area contributed by atoms with Crippen LogP contribution in [0.25, 0.3) is 10.2 Å². The van der Waals surface area contributed by atoms with Crippen molar-refractivity contribution in [1.29, 1.82) is 0 Å². The van der Waals surface area contributed by atoms with Gasteiger partial charge in [0.05, 0.1) is 32.8 Å². The fourth-order valence-corrected chi connectivity index (χ4v) is 5.59. The maximum atomic E-state index is 12.8. The topological polar surface area (TPSA) is 79.4 Å². The molecule has 0 aliphatic carbocycles. The number of halogens is 1. The number of carbonyl (C=O) groups excluding carboxylic acids is 3. The number of benzene rings is 3. The molecule has 1 aliphatic rings. The zero-order chi connectivity index (χ0) is 23.1. The standard InChI is InChI=1S/C24H16ClN3O3S2/c1-13-6-7-14(10-18(13)25)26-21(29)12-32-24-27-19-9-8-15(11-20(19)33-24)28-22(30)16-4-2-3-5-17(16)23(28)31/h2-11H,12H2,1H3,(H,26,29). The Bertz CT molecular complexity index is 1420. The molecule has 3 aromatic carbocycles. The molecule has 0 saturated heterocycles. The molecule has 164 valence electrons. The van der Waals surface area contributed by atoms with E-state index in [0.717, 1.165) is 20.1 Å². The first-order valence-electron chi connectivity index (χ1n) is 9.98. The average molecular weight is 494 g/mol. The van der Waals surface area contributed by atoms with Crippen LogP contribution in [-0.2, 0) is 4.79 Å². The van der Waals surface area contributed by atoms with Crippen LogP contribution in [0.2, 0.25) is 5.02 Å². The second-order valence-corrected chi connectivity index (χ2v) is 10.1. The van der Waals surface area contributed by atoms with Crippen LogP contribution in [0.1, 0.15) is 26.3 Å². The zero-order valence-electron chi connectivity index (χ0n) is 17.3. The van der Waals surface area contributed by atoms with Gasteiger partial charge in [0.25, 0.3) is 11.8 Å². The number of rotatable bonds is 5. The highest BCUT2D eigenvalue weighted by molar-refractivity contribution is 8.01. The van der Waals surface area contributed by atoms with Crippen molar-refractivity contribution in [1.82, 2.24) is 4.98 Å². The summed E-state index contributed by atoms with van der Waals surface area (Å²) in [5.74, 6) is -0.633. The molecule has 4 aromatic rings. The van der Waals surface area contributed by atoms with Gasteiger partial charge in [-0.3, -0.25) is 14.4 Å². The maximum Gasteiger partial charge on any atom is 0.266 e. The van der Waals surface area contributed by atoms with Crippen molar-refractivity contribution < 1.29 is 14.4 Å². The number of carbonyl (C=O) groups is 3. The summed E-state index contributed by atoms with van der Waals surface area (Å²) in [6, 6.07) is 17.5. The number of thiazole rings is 1. The molecule has 0 unspecified atom stereocenters. The summed E-state index contributed by atoms with van der Waals surface area (Å²) in [7, 11) is 0. The predicted molar refractivity (Wildman–Crippen MR) is 133 cm³/mol. The van der Waals surface area contributed by atoms with Gasteiger partial charge in [-0.15, -0.1) is 11.3 Å². The Balaban J connectivity index is 1.30. The highest BCUT2D eigenvalue weighted by Gasteiger charge is 2.36. The van der Waals surface area contributed by atoms with Crippen LogP contribution in [0.3, 0.4) is 0 Å². The number of imide groups is 1. The first kappa shape index (κ1) is 21.6. The van der Waals surface area contributed by atoms with E-state index >= 15 is 0 Å². The fraction of sp³-hybridized carbons (Fsp3) is 0.0833. The summed E-state index contributed by atoms with van der Waals surface area (Å²) in [6.07, 6.45) is 0. The average Bonchev–Trinajstić information content (AvgIpc) is 3.33. The van der Waals surface area contributed by atoms with Gasteiger partial charge in [0.2, 0.25) is 5.91 Å². The fourth-order valence-electron chi connectivity index (χ4n) is 3.51. The lowest BCUT2D eigenvalue weighted by molar-refractivity contribution is -0.113. The van der Waals surface area contributed by atoms with Gasteiger partial charge in [0.15, 0.2) is 4.34 Å². The second kappa shape index (κ2) is 8.62. The molecule has 9 heteroatoms. The van der Waals surface area contributed by atoms with E-state index in [1.165, 1.54) is 28.0 Å². The number of nitrogens with one attached hydrogen (secondary N) is 1. The van der Waals surface area contributed by atoms with Crippen molar-refractivity contribution in [2.24, 2.45) is 0 Å². The minimum absolute atomic E-state index is 0.161. The smallest absolute Gasteiger partial charge is 0.266 e. The lowest BCUT2D eigenvalue weighted by atomic mass is 10.1. The number of fused-ring (bicyclic) bond motifs is 2. The lowest BCUT2D eigenvalue weighted by Crippen LogP contribution is -2.29. The van der Waals surface area contributed by atoms with E-state index in [2.05, 4.69) is 10.3 Å². The summed E-state index contributed by atoms with van der Waals surface area (Å²) in [5, 5.41) is 3.43. The summed E-state index contributed by atoms with van der Waals surface area (Å²) >= 11 is 8.84. The molecular formula is C24H16ClN3O3S2. The molecule has 33 heavy (non-hydrogen) atoms. The molecule has 1 aliphatic heterocycles. The van der Waals surface area contributed by atoms with Crippen LogP contribution >= 0.6 is 34.7 Å². The molecule has 0 atom stereocenters. The monoisotopic (exact) mass is 493 g/mol. The van der Waals surface area contributed by atoms with Crippen molar-refractivity contribution in [2.45, 2.75) is 11.3 Å². The Morgan fingerprint density at radius 3 is 2.48 bits per heavy atom. The van der Waals surface area contributed by atoms with Crippen LogP contribution in [0.15, 0.2) is 65.0 Å². The second-order valence-electron chi connectivity index (χ2n) is 7.42. The van der Waals surface area contributed by atoms with Crippen LogP contribution in [0.4, 0.5) is 11.4 Å². The maximum absolute atomic E-state index is 12.8. The van der Waals surface area contributed by atoms with Crippen LogP contribution in [-0.4, -0.2) is 28.5 Å². The number of hydrogen-bond donors (Lipinski definition) is 1. The zero-order valence-corrected chi connectivity index (χ0v) is 19.7. The summed E-state index contributed by atoms with van der Waals surface area (Å²) in [4.78, 5) is 43.6. The third kappa shape index (κ3) is 4.13. The van der Waals surface area contributed by atoms with Crippen molar-refractivity contribution in [2.75, 3.05) is 16.0 Å². The third-order valence-corrected chi connectivity index (χ3v) is 7.76. The first-order chi connectivity index (χ1) is 15.9. The molecule has 0 spiro atoms. The SMILES string of the molecule is Cc1ccc(NC(=O)CSc2nc3ccc(N4C(=O)c5ccccc5C4=O)cc3s2)cc1Cl. The van der Waals surface area contributed by atoms with Gasteiger partial charge in [-0.05, 0) is 55.0 Å². The van der Waals surface area contributed by atoms with Gasteiger partial charge < -0.3 is 5.32 Å². The summed E-state index contributed by atoms with van der Waals surface area (Å²) < 4.78 is 1.55. The molecule has 3 amide bonds. The molecule has 0 fully saturated rings. The number of hydrogen-bond acceptors (Lipinski definition) is 6. The van der Waals surface area contributed by atoms with E-state index in [1.807, 2.05) is 19.1 Å². The Kier molecular flexibility index (Phi) is 5.65. The van der Waals surface area contributed by atoms with Crippen molar-refractivity contribution in [3.63, 3.8) is 0 Å². The Morgan fingerprint density at radius 1 is 1.06 bits per heavy atom. The molecule has 0 radical (unpaired) electrons. The largest absolute Gasteiger partial charge is 0.325 e. The van der Waals surface area contributed by atoms with E-state index in [-0.39, 0.29) is 23.5 Å². The first-order valence-corrected chi connectivity index (χ1v) is 12.2. The highest BCUT2D eigenvalue weighted by Crippen LogP contribution is 2.35. The quantitative estimate of drug-likeness (QED) is 0.281. The van der Waals surface area contributed by atoms with Gasteiger partial charge in [-0.1, -0.05) is 41.6 Å². The van der Waals surface area contributed by atoms with E-state index in [0.29, 0.717) is 27.5 Å². The number of aryl methyl sites for hydroxylation is 1. The number of anilines is 2. The number of aromatic nitrogens is 1. The summed E-state index contributed by atoms with van der Waals surface area (Å²) in [6.45, 7) is 1.90. The summed E-state index contributed by atoms with van der Waals surface area (Å²) in [5.41, 5.74) is 3.65. The molecule has 2 heterocycles. The Morgan fingerprint density at radius 2 is 1.79 bits per heavy atom. The van der Waals surface area contributed by atoms with Crippen LogP contribution in [0.5, 0.6) is 0 Å². The van der Waals surface area contributed by atoms with E-state index in [9.17, 15) is 14.4 Å². The van der Waals surface area contributed by atoms with Gasteiger partial charge in [0, 0.05) is 10.7 Å². The van der Waals surface area contributed by atoms with Crippen molar-refractivity contribution in [3.8, 4) is 0 Å². The molecular weight excluding hydrogens is 478 g/mol. The van der Waals surface area contributed by atoms with Gasteiger partial charge in [0.1, 0.15) is 0 Å². The van der Waals surface area contributed by atoms with E-state index < -0.39 is 0 Å². The highest BCUT2D eigenvalue weighted by atomic mass is 35.5. The van der Waals surface area contributed by atoms with Crippen LogP contribution in [0, 0.1) is 6.92 Å². The number of amides is 3. The molecule has 0 bridgehead atoms. The number of thioether (sulfide) groups is 1. The normalized spacial score (nSPS) is 13.0. The van der Waals surface area contributed by atoms with E-state index in [1.54, 1.807) is 48.5 Å². The predicted octanol–water partition coefficient (Wildman–Crippen LogP) is 5.79. The van der Waals surface area contributed by atoms with Gasteiger partial charge in [-0.2, -0.15) is 0 Å². The minimum Gasteiger partial charge on any atom is -0.325 e. The Labute approximate surface area is 202 Å². The van der Waals surface area contributed by atoms with Gasteiger partial charge in [-0.25, -0.2) is 9.88 Å². The lowest BCUT2D eigenvalue weighted by Gasteiger charge is -2.13. The molecule has 6 nitrogen and oxygen atoms in total. The Hall–Kier alpha value is -3.20. The van der Waals surface area contributed by atoms with E-state index in [4.69, 9.17) is 11.6 Å². The molecule has 0 saturated carbocycles. The minimum atomic E-state index is -0.332. The van der Waals surface area contributed by atoms with Gasteiger partial charge >= 0.3 is 0 Å². The van der Waals surface area contributed by atoms with Crippen LogP contribution < -0.4 is 10.2 Å². The molecule has 1 aromatic heterocycles. The molecule has 1 N–H and O–H groups in total. The van der Waals surface area contributed by atoms with Crippen molar-refractivity contribution >= 4 is 74.0 Å². The number of nitrogens with zero attached hydrogens (tertiary/aromatic N) is 2. The third-order valence-electron chi connectivity index (χ3n) is 5.19.